The molecule has 0 fully saturated rings. The standard InChI is InChI=1S/C24H49N11O5/c1-14(2)13-18(22(39)40)35-21(38)17(9-6-12-32-24(29)30)34-20(37)16(8-3-4-10-25)33-19(36)15(26)7-5-11-31-23(27)28/h14-18H,3-13,25-26H2,1-2H3,(H,33,36)(H,34,37)(H,35,38)(H,39,40)(H4,27,28,31)(H4,29,30,32). The Balaban J connectivity index is 5.60. The van der Waals surface area contributed by atoms with Crippen LogP contribution in [0.5, 0.6) is 0 Å². The number of hydrogen-bond acceptors (Lipinski definition) is 8. The molecule has 0 spiro atoms. The molecule has 230 valence electrons. The zero-order valence-corrected chi connectivity index (χ0v) is 23.6. The molecule has 0 aromatic rings. The van der Waals surface area contributed by atoms with E-state index >= 15 is 0 Å². The quantitative estimate of drug-likeness (QED) is 0.0379. The number of aliphatic carboxylic acids is 1. The van der Waals surface area contributed by atoms with Crippen LogP contribution in [0.1, 0.15) is 65.2 Å². The predicted octanol–water partition coefficient (Wildman–Crippen LogP) is -2.87. The molecule has 0 heterocycles. The molecule has 0 aromatic heterocycles. The highest BCUT2D eigenvalue weighted by Gasteiger charge is 2.30. The smallest absolute Gasteiger partial charge is 0.326 e. The van der Waals surface area contributed by atoms with Gasteiger partial charge in [0.2, 0.25) is 17.7 Å². The summed E-state index contributed by atoms with van der Waals surface area (Å²) in [6.45, 7) is 4.55. The van der Waals surface area contributed by atoms with Gasteiger partial charge in [-0.2, -0.15) is 0 Å². The van der Waals surface area contributed by atoms with Crippen molar-refractivity contribution in [3.05, 3.63) is 0 Å². The predicted molar refractivity (Wildman–Crippen MR) is 154 cm³/mol. The van der Waals surface area contributed by atoms with Crippen molar-refractivity contribution < 1.29 is 24.3 Å². The monoisotopic (exact) mass is 571 g/mol. The van der Waals surface area contributed by atoms with Gasteiger partial charge in [-0.25, -0.2) is 4.79 Å². The summed E-state index contributed by atoms with van der Waals surface area (Å²) in [5.41, 5.74) is 32.9. The van der Waals surface area contributed by atoms with Gasteiger partial charge in [-0.1, -0.05) is 13.8 Å². The first-order valence-electron chi connectivity index (χ1n) is 13.5. The van der Waals surface area contributed by atoms with Gasteiger partial charge in [0.1, 0.15) is 18.1 Å². The van der Waals surface area contributed by atoms with E-state index in [9.17, 15) is 24.3 Å². The summed E-state index contributed by atoms with van der Waals surface area (Å²) < 4.78 is 0. The Morgan fingerprint density at radius 2 is 1.15 bits per heavy atom. The summed E-state index contributed by atoms with van der Waals surface area (Å²) in [6, 6.07) is -4.15. The zero-order valence-electron chi connectivity index (χ0n) is 23.6. The highest BCUT2D eigenvalue weighted by Crippen LogP contribution is 2.09. The van der Waals surface area contributed by atoms with Crippen LogP contribution in [0, 0.1) is 5.92 Å². The lowest BCUT2D eigenvalue weighted by molar-refractivity contribution is -0.142. The topological polar surface area (TPSA) is 305 Å². The summed E-state index contributed by atoms with van der Waals surface area (Å²) in [6.07, 6.45) is 2.78. The molecule has 16 nitrogen and oxygen atoms in total. The molecule has 0 aliphatic rings. The fraction of sp³-hybridized carbons (Fsp3) is 0.750. The molecule has 40 heavy (non-hydrogen) atoms. The first-order chi connectivity index (χ1) is 18.8. The lowest BCUT2D eigenvalue weighted by Crippen LogP contribution is -2.57. The van der Waals surface area contributed by atoms with Crippen molar-refractivity contribution in [3.63, 3.8) is 0 Å². The van der Waals surface area contributed by atoms with E-state index in [1.54, 1.807) is 0 Å². The fourth-order valence-corrected chi connectivity index (χ4v) is 3.70. The number of carbonyl (C=O) groups is 4. The number of hydrogen-bond donors (Lipinski definition) is 10. The molecule has 0 saturated carbocycles. The maximum absolute atomic E-state index is 13.3. The van der Waals surface area contributed by atoms with E-state index in [1.165, 1.54) is 0 Å². The van der Waals surface area contributed by atoms with Gasteiger partial charge >= 0.3 is 5.97 Å². The summed E-state index contributed by atoms with van der Waals surface area (Å²) in [4.78, 5) is 58.5. The van der Waals surface area contributed by atoms with Crippen LogP contribution in [-0.4, -0.2) is 84.5 Å². The first kappa shape index (κ1) is 36.3. The van der Waals surface area contributed by atoms with Crippen LogP contribution in [0.2, 0.25) is 0 Å². The summed E-state index contributed by atoms with van der Waals surface area (Å²) >= 11 is 0. The lowest BCUT2D eigenvalue weighted by Gasteiger charge is -2.25. The average Bonchev–Trinajstić information content (AvgIpc) is 2.86. The van der Waals surface area contributed by atoms with Gasteiger partial charge in [0.15, 0.2) is 11.9 Å². The number of carboxylic acids is 1. The van der Waals surface area contributed by atoms with Crippen molar-refractivity contribution in [1.29, 1.82) is 0 Å². The summed E-state index contributed by atoms with van der Waals surface area (Å²) in [5, 5.41) is 17.3. The Hall–Kier alpha value is -3.66. The molecular weight excluding hydrogens is 522 g/mol. The normalized spacial score (nSPS) is 13.8. The Morgan fingerprint density at radius 1 is 0.700 bits per heavy atom. The van der Waals surface area contributed by atoms with Crippen molar-refractivity contribution in [2.45, 2.75) is 89.4 Å². The average molecular weight is 572 g/mol. The van der Waals surface area contributed by atoms with E-state index in [0.717, 1.165) is 0 Å². The van der Waals surface area contributed by atoms with E-state index in [4.69, 9.17) is 34.4 Å². The number of nitrogens with zero attached hydrogens (tertiary/aromatic N) is 2. The maximum atomic E-state index is 13.3. The van der Waals surface area contributed by atoms with Crippen LogP contribution >= 0.6 is 0 Å². The Bertz CT molecular complexity index is 858. The molecule has 3 amide bonds. The second kappa shape index (κ2) is 20.3. The van der Waals surface area contributed by atoms with Gasteiger partial charge in [0, 0.05) is 13.1 Å². The van der Waals surface area contributed by atoms with Gasteiger partial charge in [0.25, 0.3) is 0 Å². The van der Waals surface area contributed by atoms with Gasteiger partial charge < -0.3 is 55.5 Å². The number of aliphatic imine (C=N–C) groups is 2. The number of carbonyl (C=O) groups excluding carboxylic acids is 3. The highest BCUT2D eigenvalue weighted by atomic mass is 16.4. The third kappa shape index (κ3) is 17.0. The van der Waals surface area contributed by atoms with Crippen molar-refractivity contribution >= 4 is 35.6 Å². The molecule has 0 radical (unpaired) electrons. The lowest BCUT2D eigenvalue weighted by atomic mass is 10.0. The highest BCUT2D eigenvalue weighted by molar-refractivity contribution is 5.94. The molecular formula is C24H49N11O5. The van der Waals surface area contributed by atoms with Gasteiger partial charge in [-0.05, 0) is 63.8 Å². The summed E-state index contributed by atoms with van der Waals surface area (Å²) in [5.74, 6) is -3.20. The minimum absolute atomic E-state index is 0.00196. The van der Waals surface area contributed by atoms with Gasteiger partial charge in [-0.15, -0.1) is 0 Å². The zero-order chi connectivity index (χ0) is 30.7. The molecule has 16 heteroatoms. The second-order valence-electron chi connectivity index (χ2n) is 9.94. The summed E-state index contributed by atoms with van der Waals surface area (Å²) in [7, 11) is 0. The van der Waals surface area contributed by atoms with E-state index in [0.29, 0.717) is 38.8 Å². The largest absolute Gasteiger partial charge is 0.480 e. The SMILES string of the molecule is CC(C)CC(NC(=O)C(CCCN=C(N)N)NC(=O)C(CCCCN)NC(=O)C(N)CCCN=C(N)N)C(=O)O. The third-order valence-corrected chi connectivity index (χ3v) is 5.78. The number of rotatable bonds is 21. The number of carboxylic acid groups (broad SMARTS) is 1. The molecule has 4 unspecified atom stereocenters. The molecule has 0 rings (SSSR count). The van der Waals surface area contributed by atoms with Gasteiger partial charge in [-0.3, -0.25) is 24.4 Å². The number of amides is 3. The number of unbranched alkanes of at least 4 members (excludes halogenated alkanes) is 1. The van der Waals surface area contributed by atoms with Crippen molar-refractivity contribution in [3.8, 4) is 0 Å². The molecule has 0 aromatic carbocycles. The minimum Gasteiger partial charge on any atom is -0.480 e. The van der Waals surface area contributed by atoms with Crippen LogP contribution in [0.15, 0.2) is 9.98 Å². The van der Waals surface area contributed by atoms with Crippen LogP contribution in [-0.2, 0) is 19.2 Å². The maximum Gasteiger partial charge on any atom is 0.326 e. The van der Waals surface area contributed by atoms with Crippen LogP contribution < -0.4 is 50.4 Å². The van der Waals surface area contributed by atoms with E-state index < -0.39 is 47.9 Å². The molecule has 16 N–H and O–H groups in total. The van der Waals surface area contributed by atoms with Crippen molar-refractivity contribution in [1.82, 2.24) is 16.0 Å². The number of nitrogens with one attached hydrogen (secondary N) is 3. The van der Waals surface area contributed by atoms with Crippen LogP contribution in [0.3, 0.4) is 0 Å². The van der Waals surface area contributed by atoms with E-state index in [2.05, 4.69) is 25.9 Å². The Kier molecular flexibility index (Phi) is 18.4. The van der Waals surface area contributed by atoms with E-state index in [1.807, 2.05) is 13.8 Å². The number of guanidine groups is 2. The van der Waals surface area contributed by atoms with E-state index in [-0.39, 0.29) is 50.1 Å². The Labute approximate surface area is 235 Å². The molecule has 4 atom stereocenters. The molecule has 0 saturated heterocycles. The third-order valence-electron chi connectivity index (χ3n) is 5.78. The van der Waals surface area contributed by atoms with Crippen molar-refractivity contribution in [2.75, 3.05) is 19.6 Å². The van der Waals surface area contributed by atoms with Gasteiger partial charge in [0.05, 0.1) is 6.04 Å². The molecule has 0 aliphatic heterocycles. The minimum atomic E-state index is -1.19. The van der Waals surface area contributed by atoms with Crippen LogP contribution in [0.4, 0.5) is 0 Å². The molecule has 0 bridgehead atoms. The Morgan fingerprint density at radius 3 is 1.60 bits per heavy atom. The van der Waals surface area contributed by atoms with Crippen LogP contribution in [0.25, 0.3) is 0 Å². The van der Waals surface area contributed by atoms with Crippen molar-refractivity contribution in [2.24, 2.45) is 50.3 Å². The first-order valence-corrected chi connectivity index (χ1v) is 13.5. The molecule has 0 aliphatic carbocycles. The number of nitrogens with two attached hydrogens (primary N) is 6. The fourth-order valence-electron chi connectivity index (χ4n) is 3.70. The second-order valence-corrected chi connectivity index (χ2v) is 9.94.